The number of rotatable bonds is 4. The van der Waals surface area contributed by atoms with E-state index < -0.39 is 9.59 Å². The molecule has 1 heterocycles. The molecule has 1 atom stereocenters. The second-order valence-electron chi connectivity index (χ2n) is 4.81. The molecule has 3 aromatic rings. The molecule has 0 fully saturated rings. The van der Waals surface area contributed by atoms with Gasteiger partial charge in [0.15, 0.2) is 6.10 Å². The lowest BCUT2D eigenvalue weighted by Crippen LogP contribution is -2.23. The highest BCUT2D eigenvalue weighted by atomic mass is 79.9. The maximum Gasteiger partial charge on any atom is 0.259 e. The van der Waals surface area contributed by atoms with Crippen LogP contribution in [-0.4, -0.2) is 8.47 Å². The van der Waals surface area contributed by atoms with Gasteiger partial charge < -0.3 is 4.74 Å². The summed E-state index contributed by atoms with van der Waals surface area (Å²) in [5.41, 5.74) is 0.709. The van der Waals surface area contributed by atoms with E-state index in [-0.39, 0.29) is 0 Å². The summed E-state index contributed by atoms with van der Waals surface area (Å²) in [5.74, 6) is 0.363. The SMILES string of the molecule is FC(Br)(Br)[C@@H](Oc1ccccn1)c1ccc2ccccc2c1. The number of ether oxygens (including phenoxy) is 1. The number of fused-ring (bicyclic) bond motifs is 1. The van der Waals surface area contributed by atoms with Crippen molar-refractivity contribution in [3.05, 3.63) is 72.4 Å². The minimum atomic E-state index is -1.90. The van der Waals surface area contributed by atoms with E-state index in [1.165, 1.54) is 0 Å². The Labute approximate surface area is 144 Å². The highest BCUT2D eigenvalue weighted by Crippen LogP contribution is 2.43. The molecule has 0 bridgehead atoms. The third-order valence-corrected chi connectivity index (χ3v) is 4.08. The molecule has 22 heavy (non-hydrogen) atoms. The zero-order valence-electron chi connectivity index (χ0n) is 11.4. The molecule has 5 heteroatoms. The Kier molecular flexibility index (Phi) is 4.45. The Bertz CT molecular complexity index is 774. The molecule has 0 radical (unpaired) electrons. The number of aromatic nitrogens is 1. The predicted molar refractivity (Wildman–Crippen MR) is 93.2 cm³/mol. The van der Waals surface area contributed by atoms with Gasteiger partial charge in [-0.1, -0.05) is 42.5 Å². The summed E-state index contributed by atoms with van der Waals surface area (Å²) >= 11 is 6.00. The number of benzene rings is 2. The first-order chi connectivity index (χ1) is 10.5. The zero-order valence-corrected chi connectivity index (χ0v) is 14.6. The summed E-state index contributed by atoms with van der Waals surface area (Å²) in [6.07, 6.45) is 0.724. The van der Waals surface area contributed by atoms with Gasteiger partial charge in [-0.2, -0.15) is 0 Å². The van der Waals surface area contributed by atoms with Crippen LogP contribution in [0.2, 0.25) is 0 Å². The summed E-state index contributed by atoms with van der Waals surface area (Å²) < 4.78 is 18.3. The van der Waals surface area contributed by atoms with Crippen LogP contribution in [0.15, 0.2) is 66.9 Å². The van der Waals surface area contributed by atoms with E-state index in [9.17, 15) is 4.39 Å². The quantitative estimate of drug-likeness (QED) is 0.496. The van der Waals surface area contributed by atoms with Crippen molar-refractivity contribution < 1.29 is 9.13 Å². The van der Waals surface area contributed by atoms with Crippen LogP contribution in [0.1, 0.15) is 11.7 Å². The van der Waals surface area contributed by atoms with Gasteiger partial charge in [0.05, 0.1) is 0 Å². The van der Waals surface area contributed by atoms with Gasteiger partial charge in [0.1, 0.15) is 0 Å². The van der Waals surface area contributed by atoms with Crippen LogP contribution >= 0.6 is 31.9 Å². The van der Waals surface area contributed by atoms with E-state index in [0.717, 1.165) is 10.8 Å². The van der Waals surface area contributed by atoms with Crippen molar-refractivity contribution in [2.75, 3.05) is 0 Å². The molecule has 112 valence electrons. The second kappa shape index (κ2) is 6.34. The Morgan fingerprint density at radius 3 is 2.36 bits per heavy atom. The average Bonchev–Trinajstić information content (AvgIpc) is 2.52. The van der Waals surface area contributed by atoms with Crippen molar-refractivity contribution in [1.82, 2.24) is 4.98 Å². The molecular weight excluding hydrogens is 413 g/mol. The fourth-order valence-electron chi connectivity index (χ4n) is 2.23. The molecule has 0 aliphatic carbocycles. The van der Waals surface area contributed by atoms with Crippen molar-refractivity contribution in [3.8, 4) is 5.88 Å². The van der Waals surface area contributed by atoms with Crippen LogP contribution in [0, 0.1) is 0 Å². The molecule has 1 aromatic heterocycles. The fourth-order valence-corrected chi connectivity index (χ4v) is 2.95. The number of hydrogen-bond donors (Lipinski definition) is 0. The van der Waals surface area contributed by atoms with Gasteiger partial charge in [0.25, 0.3) is 3.49 Å². The minimum Gasteiger partial charge on any atom is -0.464 e. The minimum absolute atomic E-state index is 0.363. The molecule has 0 unspecified atom stereocenters. The third-order valence-electron chi connectivity index (χ3n) is 3.25. The van der Waals surface area contributed by atoms with Crippen molar-refractivity contribution in [3.63, 3.8) is 0 Å². The maximum atomic E-state index is 14.5. The average molecular weight is 425 g/mol. The number of alkyl halides is 3. The Hall–Kier alpha value is -1.46. The summed E-state index contributed by atoms with van der Waals surface area (Å²) in [7, 11) is 0. The lowest BCUT2D eigenvalue weighted by Gasteiger charge is -2.25. The summed E-state index contributed by atoms with van der Waals surface area (Å²) in [4.78, 5) is 4.09. The molecule has 0 spiro atoms. The Morgan fingerprint density at radius 1 is 0.955 bits per heavy atom. The number of hydrogen-bond acceptors (Lipinski definition) is 2. The van der Waals surface area contributed by atoms with Gasteiger partial charge in [-0.15, -0.1) is 0 Å². The van der Waals surface area contributed by atoms with Crippen molar-refractivity contribution in [1.29, 1.82) is 0 Å². The van der Waals surface area contributed by atoms with Gasteiger partial charge in [-0.25, -0.2) is 9.37 Å². The molecule has 2 aromatic carbocycles. The van der Waals surface area contributed by atoms with Gasteiger partial charge >= 0.3 is 0 Å². The predicted octanol–water partition coefficient (Wildman–Crippen LogP) is 5.77. The highest BCUT2D eigenvalue weighted by molar-refractivity contribution is 9.25. The highest BCUT2D eigenvalue weighted by Gasteiger charge is 2.37. The topological polar surface area (TPSA) is 22.1 Å². The number of pyridine rings is 1. The molecule has 3 rings (SSSR count). The molecule has 0 N–H and O–H groups in total. The molecule has 2 nitrogen and oxygen atoms in total. The first-order valence-electron chi connectivity index (χ1n) is 6.67. The molecular formula is C17H12Br2FNO. The van der Waals surface area contributed by atoms with Crippen LogP contribution in [-0.2, 0) is 0 Å². The van der Waals surface area contributed by atoms with E-state index >= 15 is 0 Å². The van der Waals surface area contributed by atoms with E-state index in [2.05, 4.69) is 36.8 Å². The second-order valence-corrected chi connectivity index (χ2v) is 8.19. The molecule has 0 saturated carbocycles. The lowest BCUT2D eigenvalue weighted by atomic mass is 10.0. The normalized spacial score (nSPS) is 13.0. The monoisotopic (exact) mass is 423 g/mol. The Morgan fingerprint density at radius 2 is 1.68 bits per heavy atom. The zero-order chi connectivity index (χ0) is 15.6. The van der Waals surface area contributed by atoms with E-state index in [1.807, 2.05) is 42.5 Å². The smallest absolute Gasteiger partial charge is 0.259 e. The molecule has 0 aliphatic rings. The first kappa shape index (κ1) is 15.4. The Balaban J connectivity index is 2.00. The van der Waals surface area contributed by atoms with Crippen molar-refractivity contribution in [2.24, 2.45) is 0 Å². The summed E-state index contributed by atoms with van der Waals surface area (Å²) in [6, 6.07) is 18.9. The maximum absolute atomic E-state index is 14.5. The van der Waals surface area contributed by atoms with Crippen molar-refractivity contribution in [2.45, 2.75) is 9.59 Å². The van der Waals surface area contributed by atoms with Crippen LogP contribution in [0.25, 0.3) is 10.8 Å². The first-order valence-corrected chi connectivity index (χ1v) is 8.26. The lowest BCUT2D eigenvalue weighted by molar-refractivity contribution is 0.133. The van der Waals surface area contributed by atoms with E-state index in [0.29, 0.717) is 11.4 Å². The molecule has 0 saturated heterocycles. The standard InChI is InChI=1S/C17H12Br2FNO/c18-17(19,20)16(22-15-7-3-4-10-21-15)14-9-8-12-5-1-2-6-13(12)11-14/h1-11,16H/t16-/m0/s1. The largest absolute Gasteiger partial charge is 0.464 e. The van der Waals surface area contributed by atoms with Crippen LogP contribution in [0.3, 0.4) is 0 Å². The fraction of sp³-hybridized carbons (Fsp3) is 0.118. The molecule has 0 amide bonds. The number of nitrogens with zero attached hydrogens (tertiary/aromatic N) is 1. The summed E-state index contributed by atoms with van der Waals surface area (Å²) in [6.45, 7) is 0. The van der Waals surface area contributed by atoms with Crippen LogP contribution in [0.4, 0.5) is 4.39 Å². The van der Waals surface area contributed by atoms with E-state index in [4.69, 9.17) is 4.74 Å². The van der Waals surface area contributed by atoms with Gasteiger partial charge in [0, 0.05) is 12.3 Å². The van der Waals surface area contributed by atoms with Crippen LogP contribution < -0.4 is 4.74 Å². The molecule has 0 aliphatic heterocycles. The third kappa shape index (κ3) is 3.47. The van der Waals surface area contributed by atoms with Gasteiger partial charge in [-0.3, -0.25) is 0 Å². The van der Waals surface area contributed by atoms with Gasteiger partial charge in [-0.05, 0) is 60.3 Å². The summed E-state index contributed by atoms with van der Waals surface area (Å²) in [5, 5.41) is 2.12. The van der Waals surface area contributed by atoms with Gasteiger partial charge in [0.2, 0.25) is 5.88 Å². The van der Waals surface area contributed by atoms with Crippen molar-refractivity contribution >= 4 is 42.6 Å². The van der Waals surface area contributed by atoms with E-state index in [1.54, 1.807) is 24.4 Å². The van der Waals surface area contributed by atoms with Crippen LogP contribution in [0.5, 0.6) is 5.88 Å². The number of halogens is 3.